The first-order chi connectivity index (χ1) is 14.1. The van der Waals surface area contributed by atoms with Gasteiger partial charge in [0.2, 0.25) is 0 Å². The van der Waals surface area contributed by atoms with Gasteiger partial charge in [0, 0.05) is 12.7 Å². The van der Waals surface area contributed by atoms with Crippen molar-refractivity contribution in [3.63, 3.8) is 0 Å². The number of benzene rings is 3. The van der Waals surface area contributed by atoms with Gasteiger partial charge in [-0.1, -0.05) is 42.5 Å². The molecule has 0 atom stereocenters. The van der Waals surface area contributed by atoms with Crippen LogP contribution in [-0.4, -0.2) is 32.1 Å². The van der Waals surface area contributed by atoms with Crippen molar-refractivity contribution in [2.24, 2.45) is 0 Å². The number of carbonyl (C=O) groups excluding carboxylic acids is 2. The summed E-state index contributed by atoms with van der Waals surface area (Å²) in [4.78, 5) is 27.0. The third-order valence-electron chi connectivity index (χ3n) is 4.40. The highest BCUT2D eigenvalue weighted by atomic mass is 16.6. The highest BCUT2D eigenvalue weighted by molar-refractivity contribution is 6.11. The van der Waals surface area contributed by atoms with Crippen LogP contribution in [0.4, 0.5) is 5.69 Å². The lowest BCUT2D eigenvalue weighted by Gasteiger charge is -2.18. The van der Waals surface area contributed by atoms with Crippen molar-refractivity contribution in [2.75, 3.05) is 25.2 Å². The molecule has 5 heteroatoms. The molecule has 3 aromatic rings. The van der Waals surface area contributed by atoms with E-state index < -0.39 is 5.97 Å². The van der Waals surface area contributed by atoms with Gasteiger partial charge in [-0.05, 0) is 48.9 Å². The molecule has 0 bridgehead atoms. The standard InChI is InChI=1S/C24H23NO4/c1-18-9-8-12-20(17-18)28-15-16-29-24(27)22-14-7-6-13-21(22)23(26)25(2)19-10-4-3-5-11-19/h3-14,17H,15-16H2,1-2H3. The Balaban J connectivity index is 1.63. The van der Waals surface area contributed by atoms with Gasteiger partial charge in [0.25, 0.3) is 5.91 Å². The number of para-hydroxylation sites is 1. The fourth-order valence-electron chi connectivity index (χ4n) is 2.87. The van der Waals surface area contributed by atoms with E-state index in [1.54, 1.807) is 31.3 Å². The van der Waals surface area contributed by atoms with Gasteiger partial charge in [0.15, 0.2) is 0 Å². The van der Waals surface area contributed by atoms with E-state index >= 15 is 0 Å². The van der Waals surface area contributed by atoms with E-state index in [1.165, 1.54) is 4.90 Å². The third kappa shape index (κ3) is 5.23. The Kier molecular flexibility index (Phi) is 6.63. The first-order valence-corrected chi connectivity index (χ1v) is 9.35. The van der Waals surface area contributed by atoms with Crippen molar-refractivity contribution in [1.29, 1.82) is 0 Å². The molecule has 0 saturated carbocycles. The fourth-order valence-corrected chi connectivity index (χ4v) is 2.87. The normalized spacial score (nSPS) is 10.3. The smallest absolute Gasteiger partial charge is 0.339 e. The number of carbonyl (C=O) groups is 2. The van der Waals surface area contributed by atoms with Crippen LogP contribution < -0.4 is 9.64 Å². The van der Waals surface area contributed by atoms with Crippen molar-refractivity contribution in [2.45, 2.75) is 6.92 Å². The maximum absolute atomic E-state index is 12.9. The number of hydrogen-bond donors (Lipinski definition) is 0. The summed E-state index contributed by atoms with van der Waals surface area (Å²) < 4.78 is 10.9. The van der Waals surface area contributed by atoms with E-state index in [9.17, 15) is 9.59 Å². The molecule has 0 unspecified atom stereocenters. The first-order valence-electron chi connectivity index (χ1n) is 9.35. The number of esters is 1. The van der Waals surface area contributed by atoms with Crippen molar-refractivity contribution in [1.82, 2.24) is 0 Å². The van der Waals surface area contributed by atoms with Crippen molar-refractivity contribution >= 4 is 17.6 Å². The lowest BCUT2D eigenvalue weighted by Crippen LogP contribution is -2.28. The van der Waals surface area contributed by atoms with Gasteiger partial charge in [-0.25, -0.2) is 4.79 Å². The minimum atomic E-state index is -0.553. The molecule has 0 aliphatic carbocycles. The summed E-state index contributed by atoms with van der Waals surface area (Å²) in [5.74, 6) is -0.107. The highest BCUT2D eigenvalue weighted by Gasteiger charge is 2.21. The summed E-state index contributed by atoms with van der Waals surface area (Å²) in [7, 11) is 1.68. The summed E-state index contributed by atoms with van der Waals surface area (Å²) in [5.41, 5.74) is 2.36. The number of ether oxygens (including phenoxy) is 2. The zero-order valence-electron chi connectivity index (χ0n) is 16.5. The fraction of sp³-hybridized carbons (Fsp3) is 0.167. The molecular formula is C24H23NO4. The summed E-state index contributed by atoms with van der Waals surface area (Å²) in [5, 5.41) is 0. The Hall–Kier alpha value is -3.60. The predicted octanol–water partition coefficient (Wildman–Crippen LogP) is 4.51. The number of amides is 1. The van der Waals surface area contributed by atoms with E-state index in [4.69, 9.17) is 9.47 Å². The molecule has 0 saturated heterocycles. The van der Waals surface area contributed by atoms with Crippen LogP contribution in [0.15, 0.2) is 78.9 Å². The Morgan fingerprint density at radius 3 is 2.24 bits per heavy atom. The van der Waals surface area contributed by atoms with Crippen LogP contribution >= 0.6 is 0 Å². The van der Waals surface area contributed by atoms with Crippen LogP contribution in [0, 0.1) is 6.92 Å². The maximum Gasteiger partial charge on any atom is 0.339 e. The van der Waals surface area contributed by atoms with Gasteiger partial charge in [-0.15, -0.1) is 0 Å². The molecule has 3 rings (SSSR count). The van der Waals surface area contributed by atoms with E-state index in [0.717, 1.165) is 17.0 Å². The predicted molar refractivity (Wildman–Crippen MR) is 113 cm³/mol. The van der Waals surface area contributed by atoms with Crippen LogP contribution in [0.25, 0.3) is 0 Å². The zero-order chi connectivity index (χ0) is 20.6. The number of anilines is 1. The van der Waals surface area contributed by atoms with Crippen molar-refractivity contribution in [3.8, 4) is 5.75 Å². The number of hydrogen-bond acceptors (Lipinski definition) is 4. The minimum Gasteiger partial charge on any atom is -0.490 e. The van der Waals surface area contributed by atoms with Gasteiger partial charge in [0.1, 0.15) is 19.0 Å². The molecule has 0 N–H and O–H groups in total. The second-order valence-corrected chi connectivity index (χ2v) is 6.55. The summed E-state index contributed by atoms with van der Waals surface area (Å²) >= 11 is 0. The molecule has 0 aliphatic heterocycles. The molecule has 0 spiro atoms. The first kappa shape index (κ1) is 20.1. The molecule has 0 radical (unpaired) electrons. The lowest BCUT2D eigenvalue weighted by molar-refractivity contribution is 0.0447. The van der Waals surface area contributed by atoms with Crippen LogP contribution in [0.5, 0.6) is 5.75 Å². The van der Waals surface area contributed by atoms with Gasteiger partial charge >= 0.3 is 5.97 Å². The largest absolute Gasteiger partial charge is 0.490 e. The SMILES string of the molecule is Cc1cccc(OCCOC(=O)c2ccccc2C(=O)N(C)c2ccccc2)c1. The quantitative estimate of drug-likeness (QED) is 0.441. The number of rotatable bonds is 7. The van der Waals surface area contributed by atoms with Crippen molar-refractivity contribution < 1.29 is 19.1 Å². The molecule has 0 aromatic heterocycles. The van der Waals surface area contributed by atoms with Gasteiger partial charge in [-0.2, -0.15) is 0 Å². The molecule has 148 valence electrons. The van der Waals surface area contributed by atoms with Crippen LogP contribution in [-0.2, 0) is 4.74 Å². The Bertz CT molecular complexity index is 985. The van der Waals surface area contributed by atoms with Crippen LogP contribution in [0.1, 0.15) is 26.3 Å². The average Bonchev–Trinajstić information content (AvgIpc) is 2.76. The Morgan fingerprint density at radius 1 is 0.828 bits per heavy atom. The zero-order valence-corrected chi connectivity index (χ0v) is 16.5. The molecule has 0 aliphatic rings. The van der Waals surface area contributed by atoms with E-state index in [1.807, 2.05) is 61.5 Å². The lowest BCUT2D eigenvalue weighted by atomic mass is 10.1. The van der Waals surface area contributed by atoms with Gasteiger partial charge in [-0.3, -0.25) is 4.79 Å². The van der Waals surface area contributed by atoms with Gasteiger partial charge in [0.05, 0.1) is 11.1 Å². The van der Waals surface area contributed by atoms with Gasteiger partial charge < -0.3 is 14.4 Å². The minimum absolute atomic E-state index is 0.0871. The van der Waals surface area contributed by atoms with Crippen LogP contribution in [0.2, 0.25) is 0 Å². The second-order valence-electron chi connectivity index (χ2n) is 6.55. The second kappa shape index (κ2) is 9.55. The summed E-state index contributed by atoms with van der Waals surface area (Å²) in [6.45, 7) is 2.30. The number of nitrogens with zero attached hydrogens (tertiary/aromatic N) is 1. The molecule has 3 aromatic carbocycles. The molecule has 0 fully saturated rings. The Labute approximate surface area is 170 Å². The average molecular weight is 389 g/mol. The summed E-state index contributed by atoms with van der Waals surface area (Å²) in [6.07, 6.45) is 0. The highest BCUT2D eigenvalue weighted by Crippen LogP contribution is 2.18. The van der Waals surface area contributed by atoms with Crippen LogP contribution in [0.3, 0.4) is 0 Å². The van der Waals surface area contributed by atoms with E-state index in [0.29, 0.717) is 5.56 Å². The molecule has 5 nitrogen and oxygen atoms in total. The maximum atomic E-state index is 12.9. The third-order valence-corrected chi connectivity index (χ3v) is 4.40. The van der Waals surface area contributed by atoms with E-state index in [-0.39, 0.29) is 24.7 Å². The number of aryl methyl sites for hydroxylation is 1. The topological polar surface area (TPSA) is 55.8 Å². The van der Waals surface area contributed by atoms with E-state index in [2.05, 4.69) is 0 Å². The van der Waals surface area contributed by atoms with Crippen molar-refractivity contribution in [3.05, 3.63) is 95.6 Å². The molecule has 29 heavy (non-hydrogen) atoms. The Morgan fingerprint density at radius 2 is 1.52 bits per heavy atom. The molecular weight excluding hydrogens is 366 g/mol. The molecule has 0 heterocycles. The summed E-state index contributed by atoms with van der Waals surface area (Å²) in [6, 6.07) is 23.6. The monoisotopic (exact) mass is 389 g/mol. The molecule has 1 amide bonds.